The Morgan fingerprint density at radius 1 is 1.44 bits per heavy atom. The van der Waals surface area contributed by atoms with Crippen molar-refractivity contribution in [3.05, 3.63) is 0 Å². The molecule has 1 amide bonds. The van der Waals surface area contributed by atoms with E-state index in [0.29, 0.717) is 6.42 Å². The highest BCUT2D eigenvalue weighted by Gasteiger charge is 2.32. The first-order valence-corrected chi connectivity index (χ1v) is 5.78. The molecule has 1 aliphatic carbocycles. The van der Waals surface area contributed by atoms with Crippen molar-refractivity contribution in [2.45, 2.75) is 57.0 Å². The normalized spacial score (nSPS) is 20.4. The zero-order valence-corrected chi connectivity index (χ0v) is 9.66. The lowest BCUT2D eigenvalue weighted by atomic mass is 9.94. The zero-order valence-electron chi connectivity index (χ0n) is 9.66. The van der Waals surface area contributed by atoms with E-state index in [2.05, 4.69) is 5.32 Å². The lowest BCUT2D eigenvalue weighted by Gasteiger charge is -2.23. The van der Waals surface area contributed by atoms with Crippen molar-refractivity contribution in [1.29, 1.82) is 0 Å². The minimum atomic E-state index is -0.992. The van der Waals surface area contributed by atoms with Gasteiger partial charge in [-0.05, 0) is 19.3 Å². The maximum absolute atomic E-state index is 11.6. The van der Waals surface area contributed by atoms with Crippen LogP contribution in [0, 0.1) is 0 Å². The Bertz CT molecular complexity index is 272. The molecule has 1 atom stereocenters. The van der Waals surface area contributed by atoms with Gasteiger partial charge < -0.3 is 16.2 Å². The van der Waals surface area contributed by atoms with Crippen LogP contribution in [-0.4, -0.2) is 28.6 Å². The quantitative estimate of drug-likeness (QED) is 0.643. The molecule has 0 spiro atoms. The third-order valence-corrected chi connectivity index (χ3v) is 3.15. The molecule has 16 heavy (non-hydrogen) atoms. The van der Waals surface area contributed by atoms with Crippen LogP contribution in [0.3, 0.4) is 0 Å². The molecule has 0 heterocycles. The first-order valence-electron chi connectivity index (χ1n) is 5.78. The van der Waals surface area contributed by atoms with Crippen LogP contribution in [-0.2, 0) is 9.59 Å². The van der Waals surface area contributed by atoms with Gasteiger partial charge in [0.15, 0.2) is 0 Å². The van der Waals surface area contributed by atoms with E-state index in [9.17, 15) is 9.59 Å². The molecule has 0 radical (unpaired) electrons. The second kappa shape index (κ2) is 5.30. The van der Waals surface area contributed by atoms with Gasteiger partial charge in [-0.2, -0.15) is 0 Å². The van der Waals surface area contributed by atoms with Crippen LogP contribution in [0.5, 0.6) is 0 Å². The third-order valence-electron chi connectivity index (χ3n) is 3.15. The van der Waals surface area contributed by atoms with Gasteiger partial charge in [-0.15, -0.1) is 0 Å². The topological polar surface area (TPSA) is 92.4 Å². The number of amides is 1. The molecule has 5 heteroatoms. The number of rotatable bonds is 5. The first kappa shape index (κ1) is 13.0. The molecule has 1 rings (SSSR count). The van der Waals surface area contributed by atoms with E-state index in [-0.39, 0.29) is 12.3 Å². The summed E-state index contributed by atoms with van der Waals surface area (Å²) in [4.78, 5) is 22.4. The van der Waals surface area contributed by atoms with Gasteiger partial charge in [-0.3, -0.25) is 4.79 Å². The summed E-state index contributed by atoms with van der Waals surface area (Å²) in [7, 11) is 0. The maximum atomic E-state index is 11.6. The summed E-state index contributed by atoms with van der Waals surface area (Å²) in [6.07, 6.45) is 4.43. The van der Waals surface area contributed by atoms with Crippen LogP contribution in [0.1, 0.15) is 45.4 Å². The Balaban J connectivity index is 2.43. The lowest BCUT2D eigenvalue weighted by Crippen LogP contribution is -2.46. The van der Waals surface area contributed by atoms with Gasteiger partial charge in [0.05, 0.1) is 0 Å². The fourth-order valence-electron chi connectivity index (χ4n) is 2.16. The van der Waals surface area contributed by atoms with Gasteiger partial charge in [0.1, 0.15) is 6.04 Å². The Morgan fingerprint density at radius 3 is 2.44 bits per heavy atom. The molecule has 92 valence electrons. The van der Waals surface area contributed by atoms with E-state index < -0.39 is 17.6 Å². The average molecular weight is 228 g/mol. The molecule has 0 aromatic carbocycles. The molecule has 0 aliphatic heterocycles. The van der Waals surface area contributed by atoms with E-state index in [0.717, 1.165) is 25.7 Å². The van der Waals surface area contributed by atoms with E-state index in [1.54, 1.807) is 6.92 Å². The second-order valence-electron chi connectivity index (χ2n) is 4.61. The molecule has 0 aromatic rings. The Hall–Kier alpha value is -1.10. The molecular weight excluding hydrogens is 208 g/mol. The molecule has 0 saturated heterocycles. The Kier molecular flexibility index (Phi) is 4.29. The largest absolute Gasteiger partial charge is 0.480 e. The summed E-state index contributed by atoms with van der Waals surface area (Å²) in [6, 6.07) is -0.794. The average Bonchev–Trinajstić information content (AvgIpc) is 2.60. The smallest absolute Gasteiger partial charge is 0.326 e. The summed E-state index contributed by atoms with van der Waals surface area (Å²) in [5.74, 6) is -1.24. The highest BCUT2D eigenvalue weighted by Crippen LogP contribution is 2.29. The molecule has 4 N–H and O–H groups in total. The molecule has 1 fully saturated rings. The lowest BCUT2D eigenvalue weighted by molar-refractivity contribution is -0.142. The number of carbonyl (C=O) groups excluding carboxylic acids is 1. The van der Waals surface area contributed by atoms with Crippen LogP contribution in [0.25, 0.3) is 0 Å². The molecule has 1 saturated carbocycles. The summed E-state index contributed by atoms with van der Waals surface area (Å²) in [6.45, 7) is 1.73. The van der Waals surface area contributed by atoms with E-state index in [1.807, 2.05) is 0 Å². The van der Waals surface area contributed by atoms with Gasteiger partial charge >= 0.3 is 5.97 Å². The monoisotopic (exact) mass is 228 g/mol. The standard InChI is InChI=1S/C11H20N2O3/c1-2-8(10(15)16)13-9(14)7-11(12)5-3-4-6-11/h8H,2-7,12H2,1H3,(H,13,14)(H,15,16). The number of nitrogens with two attached hydrogens (primary N) is 1. The van der Waals surface area contributed by atoms with Crippen LogP contribution >= 0.6 is 0 Å². The number of aliphatic carboxylic acids is 1. The molecule has 1 unspecified atom stereocenters. The van der Waals surface area contributed by atoms with Gasteiger partial charge in [-0.1, -0.05) is 19.8 Å². The number of hydrogen-bond donors (Lipinski definition) is 3. The third kappa shape index (κ3) is 3.48. The van der Waals surface area contributed by atoms with Crippen molar-refractivity contribution in [2.24, 2.45) is 5.73 Å². The molecular formula is C11H20N2O3. The summed E-state index contributed by atoms with van der Waals surface area (Å²) in [5.41, 5.74) is 5.63. The first-order chi connectivity index (χ1) is 7.47. The summed E-state index contributed by atoms with van der Waals surface area (Å²) < 4.78 is 0. The molecule has 0 aromatic heterocycles. The van der Waals surface area contributed by atoms with Crippen molar-refractivity contribution in [1.82, 2.24) is 5.32 Å². The van der Waals surface area contributed by atoms with Crippen LogP contribution in [0.2, 0.25) is 0 Å². The van der Waals surface area contributed by atoms with Crippen LogP contribution in [0.4, 0.5) is 0 Å². The predicted octanol–water partition coefficient (Wildman–Crippen LogP) is 0.627. The van der Waals surface area contributed by atoms with Crippen molar-refractivity contribution in [2.75, 3.05) is 0 Å². The van der Waals surface area contributed by atoms with Gasteiger partial charge in [0.25, 0.3) is 0 Å². The summed E-state index contributed by atoms with van der Waals surface area (Å²) >= 11 is 0. The van der Waals surface area contributed by atoms with Crippen LogP contribution < -0.4 is 11.1 Å². The molecule has 5 nitrogen and oxygen atoms in total. The van der Waals surface area contributed by atoms with Crippen molar-refractivity contribution in [3.8, 4) is 0 Å². The maximum Gasteiger partial charge on any atom is 0.326 e. The Labute approximate surface area is 95.4 Å². The number of carbonyl (C=O) groups is 2. The highest BCUT2D eigenvalue weighted by atomic mass is 16.4. The second-order valence-corrected chi connectivity index (χ2v) is 4.61. The minimum absolute atomic E-state index is 0.233. The fraction of sp³-hybridized carbons (Fsp3) is 0.818. The van der Waals surface area contributed by atoms with Gasteiger partial charge in [0.2, 0.25) is 5.91 Å². The number of nitrogens with one attached hydrogen (secondary N) is 1. The van der Waals surface area contributed by atoms with Gasteiger partial charge in [-0.25, -0.2) is 4.79 Å². The molecule has 1 aliphatic rings. The van der Waals surface area contributed by atoms with Crippen LogP contribution in [0.15, 0.2) is 0 Å². The number of carboxylic acid groups (broad SMARTS) is 1. The molecule has 0 bridgehead atoms. The van der Waals surface area contributed by atoms with Crippen molar-refractivity contribution in [3.63, 3.8) is 0 Å². The van der Waals surface area contributed by atoms with E-state index in [4.69, 9.17) is 10.8 Å². The van der Waals surface area contributed by atoms with E-state index in [1.165, 1.54) is 0 Å². The van der Waals surface area contributed by atoms with E-state index >= 15 is 0 Å². The van der Waals surface area contributed by atoms with Crippen molar-refractivity contribution < 1.29 is 14.7 Å². The van der Waals surface area contributed by atoms with Gasteiger partial charge in [0, 0.05) is 12.0 Å². The Morgan fingerprint density at radius 2 is 2.00 bits per heavy atom. The summed E-state index contributed by atoms with van der Waals surface area (Å²) in [5, 5.41) is 11.3. The SMILES string of the molecule is CCC(NC(=O)CC1(N)CCCC1)C(=O)O. The van der Waals surface area contributed by atoms with Crippen molar-refractivity contribution >= 4 is 11.9 Å². The number of hydrogen-bond acceptors (Lipinski definition) is 3. The number of carboxylic acids is 1. The predicted molar refractivity (Wildman–Crippen MR) is 59.9 cm³/mol. The highest BCUT2D eigenvalue weighted by molar-refractivity contribution is 5.84. The zero-order chi connectivity index (χ0) is 12.2. The fourth-order valence-corrected chi connectivity index (χ4v) is 2.16. The minimum Gasteiger partial charge on any atom is -0.480 e.